The highest BCUT2D eigenvalue weighted by Crippen LogP contribution is 2.31. The Morgan fingerprint density at radius 1 is 1.12 bits per heavy atom. The smallest absolute Gasteiger partial charge is 0.242 e. The minimum atomic E-state index is -3.66. The number of sulfonamides is 1. The number of halogens is 2. The Kier molecular flexibility index (Phi) is 9.57. The normalized spacial score (nSPS) is 12.2. The molecule has 0 fully saturated rings. The van der Waals surface area contributed by atoms with Crippen LogP contribution >= 0.6 is 23.2 Å². The number of carbonyl (C=O) groups excluding carboxylic acids is 2. The van der Waals surface area contributed by atoms with Crippen molar-refractivity contribution in [2.45, 2.75) is 39.3 Å². The van der Waals surface area contributed by atoms with E-state index in [0.717, 1.165) is 21.7 Å². The Labute approximate surface area is 205 Å². The van der Waals surface area contributed by atoms with E-state index in [0.29, 0.717) is 5.02 Å². The molecule has 0 saturated heterocycles. The van der Waals surface area contributed by atoms with Crippen molar-refractivity contribution in [3.63, 3.8) is 0 Å². The Balaban J connectivity index is 2.18. The minimum Gasteiger partial charge on any atom is -0.357 e. The molecule has 10 heteroatoms. The van der Waals surface area contributed by atoms with Gasteiger partial charge in [0.1, 0.15) is 6.04 Å². The van der Waals surface area contributed by atoms with Gasteiger partial charge in [0.05, 0.1) is 17.0 Å². The molecule has 0 unspecified atom stereocenters. The van der Waals surface area contributed by atoms with Crippen molar-refractivity contribution < 1.29 is 18.0 Å². The summed E-state index contributed by atoms with van der Waals surface area (Å²) >= 11 is 12.2. The maximum atomic E-state index is 13.1. The number of likely N-dealkylation sites (N-methyl/N-ethyl adjacent to an activating group) is 1. The van der Waals surface area contributed by atoms with E-state index in [4.69, 9.17) is 23.2 Å². The average molecular weight is 514 g/mol. The molecule has 0 aliphatic rings. The van der Waals surface area contributed by atoms with Crippen molar-refractivity contribution in [2.75, 3.05) is 24.2 Å². The lowest BCUT2D eigenvalue weighted by Crippen LogP contribution is -2.46. The number of amides is 2. The van der Waals surface area contributed by atoms with E-state index in [1.165, 1.54) is 24.1 Å². The Hall–Kier alpha value is -2.29. The first-order chi connectivity index (χ1) is 15.4. The van der Waals surface area contributed by atoms with E-state index in [-0.39, 0.29) is 48.5 Å². The molecular formula is C23H29Cl2N3O4S. The molecule has 0 aliphatic carbocycles. The van der Waals surface area contributed by atoms with Gasteiger partial charge in [-0.1, -0.05) is 53.0 Å². The van der Waals surface area contributed by atoms with Crippen LogP contribution in [0.1, 0.15) is 30.9 Å². The third-order valence-electron chi connectivity index (χ3n) is 5.18. The van der Waals surface area contributed by atoms with Gasteiger partial charge in [-0.15, -0.1) is 0 Å². The van der Waals surface area contributed by atoms with E-state index in [2.05, 4.69) is 5.32 Å². The molecule has 33 heavy (non-hydrogen) atoms. The highest BCUT2D eigenvalue weighted by molar-refractivity contribution is 7.92. The molecule has 180 valence electrons. The van der Waals surface area contributed by atoms with Crippen LogP contribution in [0.5, 0.6) is 0 Å². The maximum Gasteiger partial charge on any atom is 0.242 e. The minimum absolute atomic E-state index is 0.0390. The topological polar surface area (TPSA) is 86.8 Å². The van der Waals surface area contributed by atoms with Crippen LogP contribution in [0.25, 0.3) is 0 Å². The molecular weight excluding hydrogens is 485 g/mol. The number of hydrogen-bond acceptors (Lipinski definition) is 4. The average Bonchev–Trinajstić information content (AvgIpc) is 2.75. The zero-order chi connectivity index (χ0) is 24.8. The van der Waals surface area contributed by atoms with E-state index < -0.39 is 16.1 Å². The Morgan fingerprint density at radius 2 is 1.82 bits per heavy atom. The number of hydrogen-bond donors (Lipinski definition) is 1. The molecule has 2 amide bonds. The SMILES string of the molecule is CNC(=O)[C@H](C)N(Cc1cccc(C)c1)C(=O)CCCN(c1cc(Cl)ccc1Cl)S(C)(=O)=O. The first-order valence-electron chi connectivity index (χ1n) is 10.4. The van der Waals surface area contributed by atoms with Crippen LogP contribution in [0.2, 0.25) is 10.0 Å². The summed E-state index contributed by atoms with van der Waals surface area (Å²) in [7, 11) is -2.14. The zero-order valence-corrected chi connectivity index (χ0v) is 21.5. The molecule has 0 bridgehead atoms. The third kappa shape index (κ3) is 7.62. The van der Waals surface area contributed by atoms with Crippen molar-refractivity contribution >= 4 is 50.7 Å². The van der Waals surface area contributed by atoms with Crippen LogP contribution in [0, 0.1) is 6.92 Å². The van der Waals surface area contributed by atoms with Gasteiger partial charge in [0.25, 0.3) is 0 Å². The summed E-state index contributed by atoms with van der Waals surface area (Å²) in [6, 6.07) is 11.6. The van der Waals surface area contributed by atoms with Crippen LogP contribution in [0.4, 0.5) is 5.69 Å². The van der Waals surface area contributed by atoms with Crippen molar-refractivity contribution in [1.82, 2.24) is 10.2 Å². The second-order valence-electron chi connectivity index (χ2n) is 7.84. The molecule has 0 spiro atoms. The summed E-state index contributed by atoms with van der Waals surface area (Å²) in [5.74, 6) is -0.530. The summed E-state index contributed by atoms with van der Waals surface area (Å²) in [5, 5.41) is 3.17. The number of anilines is 1. The van der Waals surface area contributed by atoms with Crippen molar-refractivity contribution in [2.24, 2.45) is 0 Å². The largest absolute Gasteiger partial charge is 0.357 e. The molecule has 2 aromatic rings. The van der Waals surface area contributed by atoms with E-state index in [1.54, 1.807) is 13.0 Å². The fourth-order valence-corrected chi connectivity index (χ4v) is 4.86. The third-order valence-corrected chi connectivity index (χ3v) is 6.91. The van der Waals surface area contributed by atoms with Gasteiger partial charge in [0.15, 0.2) is 0 Å². The van der Waals surface area contributed by atoms with Crippen molar-refractivity contribution in [3.8, 4) is 0 Å². The lowest BCUT2D eigenvalue weighted by atomic mass is 10.1. The standard InChI is InChI=1S/C23H29Cl2N3O4S/c1-16-7-5-8-18(13-16)15-27(17(2)23(30)26-3)22(29)9-6-12-28(33(4,31)32)21-14-19(24)10-11-20(21)25/h5,7-8,10-11,13-14,17H,6,9,12,15H2,1-4H3,(H,26,30)/t17-/m0/s1. The van der Waals surface area contributed by atoms with Crippen LogP contribution in [0.3, 0.4) is 0 Å². The monoisotopic (exact) mass is 513 g/mol. The van der Waals surface area contributed by atoms with E-state index in [1.807, 2.05) is 31.2 Å². The molecule has 0 aromatic heterocycles. The van der Waals surface area contributed by atoms with Gasteiger partial charge in [0, 0.05) is 31.6 Å². The van der Waals surface area contributed by atoms with E-state index >= 15 is 0 Å². The fourth-order valence-electron chi connectivity index (χ4n) is 3.46. The van der Waals surface area contributed by atoms with Crippen LogP contribution in [0.15, 0.2) is 42.5 Å². The molecule has 1 atom stereocenters. The number of aryl methyl sites for hydroxylation is 1. The van der Waals surface area contributed by atoms with Gasteiger partial charge in [-0.05, 0) is 44.0 Å². The molecule has 2 rings (SSSR count). The number of nitrogens with one attached hydrogen (secondary N) is 1. The molecule has 2 aromatic carbocycles. The molecule has 0 radical (unpaired) electrons. The Bertz CT molecular complexity index is 1110. The van der Waals surface area contributed by atoms with Gasteiger partial charge < -0.3 is 10.2 Å². The number of benzene rings is 2. The van der Waals surface area contributed by atoms with Crippen LogP contribution in [-0.2, 0) is 26.2 Å². The molecule has 0 saturated carbocycles. The lowest BCUT2D eigenvalue weighted by molar-refractivity contribution is -0.140. The second kappa shape index (κ2) is 11.7. The predicted molar refractivity (Wildman–Crippen MR) is 133 cm³/mol. The summed E-state index contributed by atoms with van der Waals surface area (Å²) in [4.78, 5) is 26.9. The summed E-state index contributed by atoms with van der Waals surface area (Å²) in [6.07, 6.45) is 1.36. The van der Waals surface area contributed by atoms with Crippen molar-refractivity contribution in [1.29, 1.82) is 0 Å². The Morgan fingerprint density at radius 3 is 2.42 bits per heavy atom. The van der Waals surface area contributed by atoms with Gasteiger partial charge in [-0.25, -0.2) is 8.42 Å². The number of rotatable bonds is 10. The van der Waals surface area contributed by atoms with Crippen LogP contribution in [-0.4, -0.2) is 51.0 Å². The molecule has 0 heterocycles. The predicted octanol–water partition coefficient (Wildman–Crippen LogP) is 4.01. The quantitative estimate of drug-likeness (QED) is 0.519. The summed E-state index contributed by atoms with van der Waals surface area (Å²) in [5.41, 5.74) is 2.21. The molecule has 0 aliphatic heterocycles. The summed E-state index contributed by atoms with van der Waals surface area (Å²) in [6.45, 7) is 3.93. The van der Waals surface area contributed by atoms with Gasteiger partial charge in [0.2, 0.25) is 21.8 Å². The van der Waals surface area contributed by atoms with Crippen molar-refractivity contribution in [3.05, 3.63) is 63.6 Å². The second-order valence-corrected chi connectivity index (χ2v) is 10.6. The van der Waals surface area contributed by atoms with Gasteiger partial charge in [-0.3, -0.25) is 13.9 Å². The van der Waals surface area contributed by atoms with Crippen LogP contribution < -0.4 is 9.62 Å². The number of carbonyl (C=O) groups is 2. The molecule has 7 nitrogen and oxygen atoms in total. The first kappa shape index (κ1) is 27.0. The zero-order valence-electron chi connectivity index (χ0n) is 19.1. The maximum absolute atomic E-state index is 13.1. The summed E-state index contributed by atoms with van der Waals surface area (Å²) < 4.78 is 25.9. The molecule has 1 N–H and O–H groups in total. The van der Waals surface area contributed by atoms with Gasteiger partial charge >= 0.3 is 0 Å². The lowest BCUT2D eigenvalue weighted by Gasteiger charge is -2.29. The highest BCUT2D eigenvalue weighted by atomic mass is 35.5. The highest BCUT2D eigenvalue weighted by Gasteiger charge is 2.26. The first-order valence-corrected chi connectivity index (χ1v) is 13.0. The van der Waals surface area contributed by atoms with Gasteiger partial charge in [-0.2, -0.15) is 0 Å². The van der Waals surface area contributed by atoms with E-state index in [9.17, 15) is 18.0 Å². The number of nitrogens with zero attached hydrogens (tertiary/aromatic N) is 2. The fraction of sp³-hybridized carbons (Fsp3) is 0.391.